The minimum absolute atomic E-state index is 0.189. The zero-order valence-electron chi connectivity index (χ0n) is 14.6. The maximum absolute atomic E-state index is 12.6. The Morgan fingerprint density at radius 1 is 1.07 bits per heavy atom. The van der Waals surface area contributed by atoms with Crippen molar-refractivity contribution in [1.82, 2.24) is 15.5 Å². The summed E-state index contributed by atoms with van der Waals surface area (Å²) in [5.41, 5.74) is 1.40. The summed E-state index contributed by atoms with van der Waals surface area (Å²) < 4.78 is 0.341. The molecule has 144 valence electrons. The highest BCUT2D eigenvalue weighted by Crippen LogP contribution is 2.26. The fourth-order valence-electron chi connectivity index (χ4n) is 2.49. The number of H-pyrrole nitrogens is 1. The summed E-state index contributed by atoms with van der Waals surface area (Å²) in [4.78, 5) is 24.9. The number of nitrogens with zero attached hydrogens (tertiary/aromatic N) is 1. The Balaban J connectivity index is 1.71. The summed E-state index contributed by atoms with van der Waals surface area (Å²) in [6, 6.07) is 13.6. The van der Waals surface area contributed by atoms with Crippen LogP contribution in [-0.2, 0) is 0 Å². The summed E-state index contributed by atoms with van der Waals surface area (Å²) in [6.45, 7) is 1.85. The van der Waals surface area contributed by atoms with Gasteiger partial charge >= 0.3 is 0 Å². The third-order valence-corrected chi connectivity index (χ3v) is 5.36. The molecule has 0 aliphatic rings. The summed E-state index contributed by atoms with van der Waals surface area (Å²) in [7, 11) is 0. The Hall–Kier alpha value is -2.35. The smallest absolute Gasteiger partial charge is 0.271 e. The summed E-state index contributed by atoms with van der Waals surface area (Å²) >= 11 is 15.2. The predicted molar refractivity (Wildman–Crippen MR) is 113 cm³/mol. The second-order valence-electron chi connectivity index (χ2n) is 5.94. The quantitative estimate of drug-likeness (QED) is 0.466. The number of carbonyl (C=O) groups is 2. The Morgan fingerprint density at radius 3 is 2.43 bits per heavy atom. The first-order chi connectivity index (χ1) is 13.4. The molecule has 3 aromatic rings. The molecule has 1 aromatic heterocycles. The van der Waals surface area contributed by atoms with Crippen LogP contribution in [0.3, 0.4) is 0 Å². The molecule has 0 aliphatic carbocycles. The number of halogens is 3. The number of benzene rings is 2. The first-order valence-corrected chi connectivity index (χ1v) is 9.77. The van der Waals surface area contributed by atoms with E-state index in [0.717, 1.165) is 5.56 Å². The molecule has 0 aliphatic heterocycles. The van der Waals surface area contributed by atoms with Crippen LogP contribution in [0.15, 0.2) is 53.0 Å². The highest BCUT2D eigenvalue weighted by atomic mass is 79.9. The molecule has 2 aromatic carbocycles. The molecule has 1 unspecified atom stereocenters. The van der Waals surface area contributed by atoms with Gasteiger partial charge < -0.3 is 10.6 Å². The number of aromatic nitrogens is 2. The van der Waals surface area contributed by atoms with Crippen LogP contribution in [0.2, 0.25) is 10.0 Å². The first-order valence-electron chi connectivity index (χ1n) is 8.23. The van der Waals surface area contributed by atoms with Crippen molar-refractivity contribution < 1.29 is 9.59 Å². The lowest BCUT2D eigenvalue weighted by molar-refractivity contribution is 0.0933. The lowest BCUT2D eigenvalue weighted by Crippen LogP contribution is -2.27. The second kappa shape index (κ2) is 8.77. The average Bonchev–Trinajstić information content (AvgIpc) is 3.03. The van der Waals surface area contributed by atoms with E-state index in [9.17, 15) is 9.59 Å². The van der Waals surface area contributed by atoms with Crippen molar-refractivity contribution in [2.24, 2.45) is 0 Å². The van der Waals surface area contributed by atoms with E-state index < -0.39 is 5.91 Å². The van der Waals surface area contributed by atoms with Gasteiger partial charge in [0.15, 0.2) is 5.82 Å². The van der Waals surface area contributed by atoms with Gasteiger partial charge in [-0.3, -0.25) is 14.7 Å². The van der Waals surface area contributed by atoms with Crippen molar-refractivity contribution >= 4 is 56.8 Å². The van der Waals surface area contributed by atoms with Crippen molar-refractivity contribution in [2.75, 3.05) is 5.32 Å². The van der Waals surface area contributed by atoms with E-state index in [-0.39, 0.29) is 23.5 Å². The molecular formula is C19H15BrCl2N4O2. The van der Waals surface area contributed by atoms with Gasteiger partial charge in [0.2, 0.25) is 0 Å². The third kappa shape index (κ3) is 4.55. The molecule has 1 heterocycles. The minimum atomic E-state index is -0.431. The highest BCUT2D eigenvalue weighted by Gasteiger charge is 2.21. The van der Waals surface area contributed by atoms with Gasteiger partial charge in [0, 0.05) is 5.02 Å². The Morgan fingerprint density at radius 2 is 1.75 bits per heavy atom. The zero-order valence-corrected chi connectivity index (χ0v) is 17.7. The van der Waals surface area contributed by atoms with Gasteiger partial charge in [-0.25, -0.2) is 0 Å². The standard InChI is InChI=1S/C19H15BrCl2N4O2/c1-10(11-6-8-12(21)9-7-11)23-19(28)16-15(20)17(26-25-16)24-18(27)13-4-2-3-5-14(13)22/h2-10H,1H3,(H,23,28)(H2,24,25,26,27). The van der Waals surface area contributed by atoms with Gasteiger partial charge in [-0.05, 0) is 52.7 Å². The lowest BCUT2D eigenvalue weighted by atomic mass is 10.1. The number of nitrogens with one attached hydrogen (secondary N) is 3. The molecule has 0 saturated carbocycles. The topological polar surface area (TPSA) is 86.9 Å². The molecule has 0 saturated heterocycles. The first kappa shape index (κ1) is 20.4. The predicted octanol–water partition coefficient (Wildman–Crippen LogP) is 5.22. The third-order valence-electron chi connectivity index (χ3n) is 4.00. The molecule has 6 nitrogen and oxygen atoms in total. The monoisotopic (exact) mass is 480 g/mol. The van der Waals surface area contributed by atoms with E-state index in [0.29, 0.717) is 20.1 Å². The average molecular weight is 482 g/mol. The summed E-state index contributed by atoms with van der Waals surface area (Å²) in [6.07, 6.45) is 0. The minimum Gasteiger partial charge on any atom is -0.344 e. The number of anilines is 1. The number of rotatable bonds is 5. The number of amides is 2. The molecule has 1 atom stereocenters. The van der Waals surface area contributed by atoms with Crippen LogP contribution in [0.4, 0.5) is 5.82 Å². The number of aromatic amines is 1. The van der Waals surface area contributed by atoms with E-state index in [1.807, 2.05) is 19.1 Å². The number of hydrogen-bond acceptors (Lipinski definition) is 3. The van der Waals surface area contributed by atoms with Gasteiger partial charge in [0.05, 0.1) is 21.1 Å². The number of hydrogen-bond donors (Lipinski definition) is 3. The Bertz CT molecular complexity index is 1020. The molecule has 2 amide bonds. The molecule has 0 fully saturated rings. The van der Waals surface area contributed by atoms with Gasteiger partial charge in [-0.1, -0.05) is 47.5 Å². The van der Waals surface area contributed by atoms with Gasteiger partial charge in [-0.15, -0.1) is 0 Å². The van der Waals surface area contributed by atoms with Crippen molar-refractivity contribution in [3.8, 4) is 0 Å². The molecule has 3 rings (SSSR count). The van der Waals surface area contributed by atoms with Crippen LogP contribution in [-0.4, -0.2) is 22.0 Å². The fraction of sp³-hybridized carbons (Fsp3) is 0.105. The second-order valence-corrected chi connectivity index (χ2v) is 7.58. The van der Waals surface area contributed by atoms with Crippen molar-refractivity contribution in [2.45, 2.75) is 13.0 Å². The molecule has 28 heavy (non-hydrogen) atoms. The number of carbonyl (C=O) groups excluding carboxylic acids is 2. The summed E-state index contributed by atoms with van der Waals surface area (Å²) in [5, 5.41) is 13.1. The Labute approximate surface area is 179 Å². The molecule has 0 spiro atoms. The van der Waals surface area contributed by atoms with Crippen molar-refractivity contribution in [3.05, 3.63) is 79.9 Å². The molecule has 9 heteroatoms. The van der Waals surface area contributed by atoms with E-state index in [1.54, 1.807) is 36.4 Å². The van der Waals surface area contributed by atoms with E-state index in [1.165, 1.54) is 0 Å². The lowest BCUT2D eigenvalue weighted by Gasteiger charge is -2.14. The molecule has 3 N–H and O–H groups in total. The van der Waals surface area contributed by atoms with Crippen LogP contribution in [0.25, 0.3) is 0 Å². The normalized spacial score (nSPS) is 11.7. The summed E-state index contributed by atoms with van der Waals surface area (Å²) in [5.74, 6) is -0.617. The fourth-order valence-corrected chi connectivity index (χ4v) is 3.29. The zero-order chi connectivity index (χ0) is 20.3. The molecule has 0 bridgehead atoms. The Kier molecular flexibility index (Phi) is 6.39. The highest BCUT2D eigenvalue weighted by molar-refractivity contribution is 9.10. The molecule has 0 radical (unpaired) electrons. The van der Waals surface area contributed by atoms with Crippen LogP contribution >= 0.6 is 39.1 Å². The van der Waals surface area contributed by atoms with Crippen LogP contribution in [0.5, 0.6) is 0 Å². The van der Waals surface area contributed by atoms with E-state index in [4.69, 9.17) is 23.2 Å². The van der Waals surface area contributed by atoms with Crippen molar-refractivity contribution in [1.29, 1.82) is 0 Å². The van der Waals surface area contributed by atoms with Crippen LogP contribution in [0.1, 0.15) is 39.4 Å². The molecular weight excluding hydrogens is 467 g/mol. The van der Waals surface area contributed by atoms with Gasteiger partial charge in [0.25, 0.3) is 11.8 Å². The van der Waals surface area contributed by atoms with Crippen molar-refractivity contribution in [3.63, 3.8) is 0 Å². The van der Waals surface area contributed by atoms with Gasteiger partial charge in [-0.2, -0.15) is 5.10 Å². The van der Waals surface area contributed by atoms with E-state index >= 15 is 0 Å². The maximum atomic E-state index is 12.6. The van der Waals surface area contributed by atoms with E-state index in [2.05, 4.69) is 36.8 Å². The van der Waals surface area contributed by atoms with Crippen LogP contribution in [0, 0.1) is 0 Å². The maximum Gasteiger partial charge on any atom is 0.271 e. The van der Waals surface area contributed by atoms with Crippen LogP contribution < -0.4 is 10.6 Å². The largest absolute Gasteiger partial charge is 0.344 e. The SMILES string of the molecule is CC(NC(=O)c1[nH]nc(NC(=O)c2ccccc2Cl)c1Br)c1ccc(Cl)cc1. The van der Waals surface area contributed by atoms with Gasteiger partial charge in [0.1, 0.15) is 5.69 Å².